The highest BCUT2D eigenvalue weighted by molar-refractivity contribution is 5.95. The molecule has 14 nitrogen and oxygen atoms in total. The van der Waals surface area contributed by atoms with Gasteiger partial charge in [-0.15, -0.1) is 0 Å². The fourth-order valence-corrected chi connectivity index (χ4v) is 4.95. The molecule has 0 saturated heterocycles. The summed E-state index contributed by atoms with van der Waals surface area (Å²) in [6.07, 6.45) is 1.60. The fraction of sp³-hybridized carbons (Fsp3) is 0.444. The van der Waals surface area contributed by atoms with Gasteiger partial charge in [-0.3, -0.25) is 19.2 Å². The zero-order valence-corrected chi connectivity index (χ0v) is 28.9. The highest BCUT2D eigenvalue weighted by Crippen LogP contribution is 2.16. The number of ether oxygens (including phenoxy) is 2. The van der Waals surface area contributed by atoms with E-state index in [0.29, 0.717) is 11.1 Å². The number of nitrogens with one attached hydrogen (secondary N) is 4. The molecule has 0 saturated carbocycles. The van der Waals surface area contributed by atoms with Crippen LogP contribution in [0.15, 0.2) is 60.7 Å². The lowest BCUT2D eigenvalue weighted by Gasteiger charge is -2.26. The lowest BCUT2D eigenvalue weighted by atomic mass is 9.99. The predicted molar refractivity (Wildman–Crippen MR) is 182 cm³/mol. The zero-order chi connectivity index (χ0) is 37.0. The van der Waals surface area contributed by atoms with Crippen LogP contribution >= 0.6 is 0 Å². The number of esters is 1. The molecule has 1 aliphatic heterocycles. The number of hydrogen-bond donors (Lipinski definition) is 6. The number of phenolic OH excluding ortho intramolecular Hbond substituents is 2. The fourth-order valence-electron chi connectivity index (χ4n) is 4.95. The third-order valence-corrected chi connectivity index (χ3v) is 7.52. The minimum Gasteiger partial charge on any atom is -0.508 e. The Labute approximate surface area is 291 Å². The Morgan fingerprint density at radius 1 is 0.940 bits per heavy atom. The molecule has 3 rings (SSSR count). The van der Waals surface area contributed by atoms with E-state index >= 15 is 0 Å². The van der Waals surface area contributed by atoms with Crippen LogP contribution in [0.5, 0.6) is 11.5 Å². The minimum absolute atomic E-state index is 0.0294. The van der Waals surface area contributed by atoms with E-state index in [1.807, 2.05) is 0 Å². The van der Waals surface area contributed by atoms with Crippen LogP contribution in [0.25, 0.3) is 0 Å². The van der Waals surface area contributed by atoms with E-state index in [1.54, 1.807) is 58.9 Å². The van der Waals surface area contributed by atoms with Crippen molar-refractivity contribution in [1.82, 2.24) is 21.3 Å². The van der Waals surface area contributed by atoms with Gasteiger partial charge in [0.1, 0.15) is 35.2 Å². The molecule has 50 heavy (non-hydrogen) atoms. The van der Waals surface area contributed by atoms with Crippen LogP contribution in [0, 0.1) is 11.8 Å². The molecule has 6 N–H and O–H groups in total. The highest BCUT2D eigenvalue weighted by Gasteiger charge is 2.31. The molecule has 1 aliphatic rings. The first kappa shape index (κ1) is 39.0. The first-order valence-electron chi connectivity index (χ1n) is 16.3. The Morgan fingerprint density at radius 3 is 2.12 bits per heavy atom. The number of carbonyl (C=O) groups excluding carboxylic acids is 6. The van der Waals surface area contributed by atoms with Crippen molar-refractivity contribution in [3.05, 3.63) is 71.8 Å². The number of phenols is 2. The van der Waals surface area contributed by atoms with Crippen LogP contribution in [0.4, 0.5) is 4.79 Å². The summed E-state index contributed by atoms with van der Waals surface area (Å²) in [4.78, 5) is 78.0. The molecule has 4 atom stereocenters. The SMILES string of the molecule is CC(C)[C@@H]1NC(=O)/C=C/[C@@H](CC(=O)CNC(=O)[C@H](Cc2ccc(O)cc2)NC(=O)OC(C)(C)C)COC(=O)[C@H](Cc2ccc(O)cc2)NC1=O. The smallest absolute Gasteiger partial charge is 0.408 e. The maximum absolute atomic E-state index is 13.3. The predicted octanol–water partition coefficient (Wildman–Crippen LogP) is 2.21. The van der Waals surface area contributed by atoms with Crippen LogP contribution in [0.2, 0.25) is 0 Å². The summed E-state index contributed by atoms with van der Waals surface area (Å²) in [5.74, 6) is -4.06. The summed E-state index contributed by atoms with van der Waals surface area (Å²) in [7, 11) is 0. The number of hydrogen-bond acceptors (Lipinski definition) is 10. The molecule has 1 heterocycles. The molecule has 0 unspecified atom stereocenters. The second-order valence-corrected chi connectivity index (χ2v) is 13.4. The van der Waals surface area contributed by atoms with E-state index in [-0.39, 0.29) is 43.3 Å². The highest BCUT2D eigenvalue weighted by atomic mass is 16.6. The standard InChI is InChI=1S/C36H46N4O10/c1-21(2)31-33(46)38-29(18-23-8-13-26(42)14-9-23)34(47)49-20-24(10-15-30(44)40-31)16-27(43)19-37-32(45)28(39-35(48)50-36(3,4)5)17-22-6-11-25(41)12-7-22/h6-15,21,24,28-29,31,41-42H,16-20H2,1-5H3,(H,37,45)(H,38,46)(H,39,48)(H,40,44)/b15-10+/t24-,28-,29-,31-/m0/s1. The normalized spacial score (nSPS) is 19.8. The second kappa shape index (κ2) is 17.8. The number of amides is 4. The first-order chi connectivity index (χ1) is 23.5. The van der Waals surface area contributed by atoms with Crippen molar-refractivity contribution in [2.24, 2.45) is 11.8 Å². The summed E-state index contributed by atoms with van der Waals surface area (Å²) in [6, 6.07) is 8.94. The largest absolute Gasteiger partial charge is 0.508 e. The molecule has 0 radical (unpaired) electrons. The number of benzene rings is 2. The number of carbonyl (C=O) groups is 6. The van der Waals surface area contributed by atoms with E-state index in [9.17, 15) is 39.0 Å². The van der Waals surface area contributed by atoms with Crippen molar-refractivity contribution in [3.63, 3.8) is 0 Å². The Balaban J connectivity index is 1.72. The molecular weight excluding hydrogens is 648 g/mol. The van der Waals surface area contributed by atoms with Gasteiger partial charge < -0.3 is 41.0 Å². The van der Waals surface area contributed by atoms with Crippen LogP contribution < -0.4 is 21.3 Å². The molecule has 4 amide bonds. The monoisotopic (exact) mass is 694 g/mol. The number of aromatic hydroxyl groups is 2. The molecule has 270 valence electrons. The van der Waals surface area contributed by atoms with Crippen molar-refractivity contribution < 1.29 is 48.5 Å². The van der Waals surface area contributed by atoms with Crippen molar-refractivity contribution >= 4 is 35.6 Å². The third kappa shape index (κ3) is 13.2. The van der Waals surface area contributed by atoms with Crippen LogP contribution in [0.1, 0.15) is 52.2 Å². The Hall–Kier alpha value is -5.40. The molecule has 2 aromatic rings. The third-order valence-electron chi connectivity index (χ3n) is 7.52. The van der Waals surface area contributed by atoms with Gasteiger partial charge in [0.25, 0.3) is 0 Å². The summed E-state index contributed by atoms with van der Waals surface area (Å²) in [5, 5.41) is 29.6. The van der Waals surface area contributed by atoms with Gasteiger partial charge in [0, 0.05) is 25.2 Å². The van der Waals surface area contributed by atoms with E-state index in [1.165, 1.54) is 36.4 Å². The number of Topliss-reactive ketones (excluding diaryl/α,β-unsaturated/α-hetero) is 1. The molecular formula is C36H46N4O10. The van der Waals surface area contributed by atoms with E-state index in [2.05, 4.69) is 21.3 Å². The molecule has 0 fully saturated rings. The van der Waals surface area contributed by atoms with Crippen molar-refractivity contribution in [3.8, 4) is 11.5 Å². The van der Waals surface area contributed by atoms with Crippen molar-refractivity contribution in [1.29, 1.82) is 0 Å². The second-order valence-electron chi connectivity index (χ2n) is 13.4. The maximum Gasteiger partial charge on any atom is 0.408 e. The summed E-state index contributed by atoms with van der Waals surface area (Å²) >= 11 is 0. The quantitative estimate of drug-likeness (QED) is 0.189. The Morgan fingerprint density at radius 2 is 1.54 bits per heavy atom. The van der Waals surface area contributed by atoms with Gasteiger partial charge in [0.15, 0.2) is 5.78 Å². The lowest BCUT2D eigenvalue weighted by Crippen LogP contribution is -2.54. The van der Waals surface area contributed by atoms with Gasteiger partial charge >= 0.3 is 12.1 Å². The van der Waals surface area contributed by atoms with Gasteiger partial charge in [-0.1, -0.05) is 44.2 Å². The van der Waals surface area contributed by atoms with E-state index in [0.717, 1.165) is 0 Å². The average molecular weight is 695 g/mol. The van der Waals surface area contributed by atoms with Crippen molar-refractivity contribution in [2.75, 3.05) is 13.2 Å². The van der Waals surface area contributed by atoms with Crippen molar-refractivity contribution in [2.45, 2.75) is 77.6 Å². The molecule has 0 spiro atoms. The first-order valence-corrected chi connectivity index (χ1v) is 16.3. The average Bonchev–Trinajstić information content (AvgIpc) is 3.03. The van der Waals surface area contributed by atoms with Gasteiger partial charge in [0.2, 0.25) is 17.7 Å². The lowest BCUT2D eigenvalue weighted by molar-refractivity contribution is -0.149. The number of rotatable bonds is 11. The van der Waals surface area contributed by atoms with Gasteiger partial charge in [-0.05, 0) is 68.2 Å². The molecule has 0 bridgehead atoms. The summed E-state index contributed by atoms with van der Waals surface area (Å²) < 4.78 is 10.8. The van der Waals surface area contributed by atoms with Crippen LogP contribution in [-0.2, 0) is 46.3 Å². The number of alkyl carbamates (subject to hydrolysis) is 1. The van der Waals surface area contributed by atoms with E-state index < -0.39 is 71.8 Å². The number of ketones is 1. The van der Waals surface area contributed by atoms with Gasteiger partial charge in [-0.25, -0.2) is 9.59 Å². The van der Waals surface area contributed by atoms with Gasteiger partial charge in [0.05, 0.1) is 13.2 Å². The summed E-state index contributed by atoms with van der Waals surface area (Å²) in [5.41, 5.74) is 0.437. The van der Waals surface area contributed by atoms with Gasteiger partial charge in [-0.2, -0.15) is 0 Å². The molecule has 0 aromatic heterocycles. The van der Waals surface area contributed by atoms with E-state index in [4.69, 9.17) is 9.47 Å². The van der Waals surface area contributed by atoms with Crippen LogP contribution in [0.3, 0.4) is 0 Å². The molecule has 2 aromatic carbocycles. The summed E-state index contributed by atoms with van der Waals surface area (Å²) in [6.45, 7) is 7.76. The van der Waals surface area contributed by atoms with Crippen LogP contribution in [-0.4, -0.2) is 82.7 Å². The molecule has 14 heteroatoms. The topological polar surface area (TPSA) is 209 Å². The Bertz CT molecular complexity index is 1550. The maximum atomic E-state index is 13.3. The zero-order valence-electron chi connectivity index (χ0n) is 28.9. The minimum atomic E-state index is -1.13. The number of cyclic esters (lactones) is 1. The Kier molecular flexibility index (Phi) is 13.9. The molecule has 0 aliphatic carbocycles.